The second kappa shape index (κ2) is 5.12. The lowest BCUT2D eigenvalue weighted by molar-refractivity contribution is 0.627. The summed E-state index contributed by atoms with van der Waals surface area (Å²) in [7, 11) is 1.70. The van der Waals surface area contributed by atoms with E-state index in [0.717, 1.165) is 6.54 Å². The molecule has 0 spiro atoms. The number of nitrogens with zero attached hydrogens (tertiary/aromatic N) is 5. The maximum absolute atomic E-state index is 5.22. The van der Waals surface area contributed by atoms with Crippen molar-refractivity contribution in [1.82, 2.24) is 30.9 Å². The first kappa shape index (κ1) is 10.4. The Morgan fingerprint density at radius 2 is 2.43 bits per heavy atom. The second-order valence-electron chi connectivity index (χ2n) is 2.53. The van der Waals surface area contributed by atoms with Crippen molar-refractivity contribution in [3.05, 3.63) is 5.82 Å². The molecule has 1 rings (SSSR count). The lowest BCUT2D eigenvalue weighted by atomic mass is 10.6. The Hall–Kier alpha value is -1.70. The number of aliphatic imine (C=N–C) groups is 1. The Kier molecular flexibility index (Phi) is 3.80. The molecule has 0 aromatic carbocycles. The van der Waals surface area contributed by atoms with Crippen molar-refractivity contribution < 1.29 is 0 Å². The molecule has 0 fully saturated rings. The first-order chi connectivity index (χ1) is 6.76. The van der Waals surface area contributed by atoms with Crippen LogP contribution in [0.15, 0.2) is 4.99 Å². The molecule has 0 atom stereocenters. The van der Waals surface area contributed by atoms with E-state index in [0.29, 0.717) is 18.3 Å². The second-order valence-corrected chi connectivity index (χ2v) is 2.53. The number of aryl methyl sites for hydroxylation is 1. The summed E-state index contributed by atoms with van der Waals surface area (Å²) in [6.45, 7) is 3.05. The number of tetrazole rings is 1. The molecule has 1 aromatic heterocycles. The van der Waals surface area contributed by atoms with Crippen molar-refractivity contribution in [2.75, 3.05) is 6.54 Å². The van der Waals surface area contributed by atoms with Gasteiger partial charge in [0.25, 0.3) is 0 Å². The molecule has 8 heteroatoms. The van der Waals surface area contributed by atoms with Gasteiger partial charge in [0, 0.05) is 6.54 Å². The van der Waals surface area contributed by atoms with E-state index in [9.17, 15) is 0 Å². The maximum Gasteiger partial charge on any atom is 0.206 e. The summed E-state index contributed by atoms with van der Waals surface area (Å²) >= 11 is 0. The molecule has 0 aliphatic rings. The molecule has 0 aliphatic carbocycles. The van der Waals surface area contributed by atoms with Crippen molar-refractivity contribution in [2.45, 2.75) is 13.5 Å². The summed E-state index contributed by atoms with van der Waals surface area (Å²) < 4.78 is 0. The van der Waals surface area contributed by atoms with Crippen molar-refractivity contribution in [3.8, 4) is 0 Å². The van der Waals surface area contributed by atoms with Crippen LogP contribution in [0.4, 0.5) is 0 Å². The molecule has 0 saturated heterocycles. The Morgan fingerprint density at radius 1 is 1.64 bits per heavy atom. The van der Waals surface area contributed by atoms with Crippen LogP contribution in [-0.4, -0.2) is 32.7 Å². The van der Waals surface area contributed by atoms with Gasteiger partial charge in [-0.2, -0.15) is 4.80 Å². The van der Waals surface area contributed by atoms with Crippen molar-refractivity contribution >= 4 is 5.96 Å². The molecule has 8 nitrogen and oxygen atoms in total. The van der Waals surface area contributed by atoms with E-state index in [1.807, 2.05) is 6.92 Å². The van der Waals surface area contributed by atoms with Gasteiger partial charge in [-0.3, -0.25) is 5.43 Å². The summed E-state index contributed by atoms with van der Waals surface area (Å²) in [5, 5.41) is 14.4. The number of nitrogens with one attached hydrogen (secondary N) is 2. The Balaban J connectivity index is 2.51. The minimum absolute atomic E-state index is 0.348. The fourth-order valence-corrected chi connectivity index (χ4v) is 0.856. The lowest BCUT2D eigenvalue weighted by Crippen LogP contribution is -2.41. The van der Waals surface area contributed by atoms with Gasteiger partial charge in [-0.05, 0) is 12.1 Å². The van der Waals surface area contributed by atoms with E-state index in [2.05, 4.69) is 31.1 Å². The Morgan fingerprint density at radius 3 is 2.93 bits per heavy atom. The van der Waals surface area contributed by atoms with Gasteiger partial charge < -0.3 is 5.32 Å². The zero-order valence-corrected chi connectivity index (χ0v) is 8.23. The largest absolute Gasteiger partial charge is 0.356 e. The molecule has 0 unspecified atom stereocenters. The number of rotatable bonds is 3. The molecule has 0 saturated carbocycles. The van der Waals surface area contributed by atoms with Gasteiger partial charge >= 0.3 is 0 Å². The van der Waals surface area contributed by atoms with Gasteiger partial charge in [-0.15, -0.1) is 10.2 Å². The van der Waals surface area contributed by atoms with Gasteiger partial charge in [0.15, 0.2) is 5.82 Å². The number of hydrogen-bond donors (Lipinski definition) is 3. The van der Waals surface area contributed by atoms with E-state index in [1.165, 1.54) is 4.80 Å². The zero-order valence-electron chi connectivity index (χ0n) is 8.23. The van der Waals surface area contributed by atoms with Crippen LogP contribution in [0, 0.1) is 0 Å². The van der Waals surface area contributed by atoms with Gasteiger partial charge in [0.05, 0.1) is 7.05 Å². The van der Waals surface area contributed by atoms with E-state index >= 15 is 0 Å². The number of hydrazine groups is 1. The summed E-state index contributed by atoms with van der Waals surface area (Å²) in [6, 6.07) is 0. The van der Waals surface area contributed by atoms with Gasteiger partial charge in [-0.25, -0.2) is 10.8 Å². The van der Waals surface area contributed by atoms with Gasteiger partial charge in [0.2, 0.25) is 5.96 Å². The third-order valence-electron chi connectivity index (χ3n) is 1.41. The van der Waals surface area contributed by atoms with Crippen LogP contribution in [0.3, 0.4) is 0 Å². The van der Waals surface area contributed by atoms with Crippen molar-refractivity contribution in [1.29, 1.82) is 0 Å². The maximum atomic E-state index is 5.22. The standard InChI is InChI=1S/C6H14N8/c1-3-8-6(10-7)9-4-5-11-13-14(2)12-5/h3-4,7H2,1-2H3,(H2,8,9,10). The van der Waals surface area contributed by atoms with Crippen LogP contribution in [0.25, 0.3) is 0 Å². The normalized spacial score (nSPS) is 11.5. The molecule has 0 aliphatic heterocycles. The SMILES string of the molecule is CCNC(=NCc1nnn(C)n1)NN. The first-order valence-electron chi connectivity index (χ1n) is 4.24. The molecule has 14 heavy (non-hydrogen) atoms. The number of aromatic nitrogens is 4. The highest BCUT2D eigenvalue weighted by Crippen LogP contribution is 1.87. The number of guanidine groups is 1. The van der Waals surface area contributed by atoms with E-state index in [4.69, 9.17) is 5.84 Å². The highest BCUT2D eigenvalue weighted by molar-refractivity contribution is 5.78. The summed E-state index contributed by atoms with van der Waals surface area (Å²) in [4.78, 5) is 5.49. The molecule has 78 valence electrons. The van der Waals surface area contributed by atoms with Crippen LogP contribution in [0.2, 0.25) is 0 Å². The van der Waals surface area contributed by atoms with Crippen molar-refractivity contribution in [3.63, 3.8) is 0 Å². The smallest absolute Gasteiger partial charge is 0.206 e. The average Bonchev–Trinajstić information content (AvgIpc) is 2.59. The molecule has 1 heterocycles. The summed E-state index contributed by atoms with van der Waals surface area (Å²) in [5.74, 6) is 6.29. The molecule has 0 radical (unpaired) electrons. The Bertz CT molecular complexity index is 303. The average molecular weight is 198 g/mol. The molecule has 0 amide bonds. The van der Waals surface area contributed by atoms with E-state index < -0.39 is 0 Å². The molecular formula is C6H14N8. The molecule has 1 aromatic rings. The monoisotopic (exact) mass is 198 g/mol. The van der Waals surface area contributed by atoms with Crippen molar-refractivity contribution in [2.24, 2.45) is 17.9 Å². The highest BCUT2D eigenvalue weighted by Gasteiger charge is 1.99. The highest BCUT2D eigenvalue weighted by atomic mass is 15.6. The minimum atomic E-state index is 0.348. The number of hydrogen-bond acceptors (Lipinski definition) is 5. The molecular weight excluding hydrogens is 184 g/mol. The van der Waals surface area contributed by atoms with Crippen LogP contribution in [-0.2, 0) is 13.6 Å². The van der Waals surface area contributed by atoms with E-state index in [-0.39, 0.29) is 0 Å². The van der Waals surface area contributed by atoms with Crippen LogP contribution in [0.1, 0.15) is 12.7 Å². The van der Waals surface area contributed by atoms with Crippen LogP contribution < -0.4 is 16.6 Å². The summed E-state index contributed by atoms with van der Waals surface area (Å²) in [6.07, 6.45) is 0. The predicted octanol–water partition coefficient (Wildman–Crippen LogP) is -1.86. The fraction of sp³-hybridized carbons (Fsp3) is 0.667. The topological polar surface area (TPSA) is 106 Å². The Labute approximate surface area is 81.5 Å². The van der Waals surface area contributed by atoms with Crippen LogP contribution >= 0.6 is 0 Å². The first-order valence-corrected chi connectivity index (χ1v) is 4.24. The zero-order chi connectivity index (χ0) is 10.4. The third kappa shape index (κ3) is 2.98. The lowest BCUT2D eigenvalue weighted by Gasteiger charge is -2.04. The van der Waals surface area contributed by atoms with E-state index in [1.54, 1.807) is 7.05 Å². The van der Waals surface area contributed by atoms with Crippen LogP contribution in [0.5, 0.6) is 0 Å². The predicted molar refractivity (Wildman–Crippen MR) is 50.9 cm³/mol. The van der Waals surface area contributed by atoms with Gasteiger partial charge in [-0.1, -0.05) is 0 Å². The quantitative estimate of drug-likeness (QED) is 0.227. The number of nitrogens with two attached hydrogens (primary N) is 1. The minimum Gasteiger partial charge on any atom is -0.356 e. The third-order valence-corrected chi connectivity index (χ3v) is 1.41. The summed E-state index contributed by atoms with van der Waals surface area (Å²) in [5.41, 5.74) is 2.44. The van der Waals surface area contributed by atoms with Gasteiger partial charge in [0.1, 0.15) is 6.54 Å². The fourth-order valence-electron chi connectivity index (χ4n) is 0.856. The molecule has 0 bridgehead atoms. The molecule has 4 N–H and O–H groups in total.